The second-order valence-electron chi connectivity index (χ2n) is 14.9. The number of nitrogens with zero attached hydrogens (tertiary/aromatic N) is 1. The average Bonchev–Trinajstić information content (AvgIpc) is 3.48. The quantitative estimate of drug-likeness (QED) is 0.157. The Morgan fingerprint density at radius 1 is 0.333 bits per heavy atom. The molecule has 0 unspecified atom stereocenters. The van der Waals surface area contributed by atoms with Gasteiger partial charge in [-0.05, 0) is 84.9 Å². The molecule has 0 bridgehead atoms. The Morgan fingerprint density at radius 2 is 0.907 bits per heavy atom. The number of fused-ring (bicyclic) bond motifs is 6. The molecule has 0 saturated heterocycles. The van der Waals surface area contributed by atoms with Gasteiger partial charge in [0.1, 0.15) is 0 Å². The first-order valence-electron chi connectivity index (χ1n) is 18.9. The van der Waals surface area contributed by atoms with Crippen molar-refractivity contribution in [2.45, 2.75) is 19.3 Å². The maximum absolute atomic E-state index is 2.53. The lowest BCUT2D eigenvalue weighted by atomic mass is 9.82. The number of rotatable bonds is 6. The Labute approximate surface area is 317 Å². The maximum atomic E-state index is 2.53. The standard InChI is InChI=1S/C53H39N/c1-53(2)47-29-15-13-27-45(47)52-44(28-17-30-48(52)53)43-26-14-16-31-49(43)54(51-35-39-22-9-10-23-40(39)41-24-11-12-25-42(41)51)50-33-32-38(36-18-5-3-6-19-36)34-46(50)37-20-7-4-8-21-37/h3-35H,1-2H3. The van der Waals surface area contributed by atoms with E-state index in [-0.39, 0.29) is 5.41 Å². The summed E-state index contributed by atoms with van der Waals surface area (Å²) >= 11 is 0. The van der Waals surface area contributed by atoms with Gasteiger partial charge in [-0.25, -0.2) is 0 Å². The van der Waals surface area contributed by atoms with Gasteiger partial charge in [-0.15, -0.1) is 0 Å². The molecule has 54 heavy (non-hydrogen) atoms. The van der Waals surface area contributed by atoms with Crippen LogP contribution >= 0.6 is 0 Å². The van der Waals surface area contributed by atoms with Crippen LogP contribution in [0.3, 0.4) is 0 Å². The minimum Gasteiger partial charge on any atom is -0.309 e. The Morgan fingerprint density at radius 3 is 1.70 bits per heavy atom. The van der Waals surface area contributed by atoms with Crippen molar-refractivity contribution in [3.8, 4) is 44.5 Å². The van der Waals surface area contributed by atoms with Gasteiger partial charge in [-0.2, -0.15) is 0 Å². The second kappa shape index (κ2) is 12.8. The molecule has 0 heterocycles. The lowest BCUT2D eigenvalue weighted by molar-refractivity contribution is 0.660. The zero-order valence-electron chi connectivity index (χ0n) is 30.5. The molecule has 0 fully saturated rings. The SMILES string of the molecule is CC1(C)c2ccccc2-c2c(-c3ccccc3N(c3ccc(-c4ccccc4)cc3-c3ccccc3)c3cc4ccccc4c4ccccc34)cccc21. The normalized spacial score (nSPS) is 12.8. The predicted molar refractivity (Wildman–Crippen MR) is 230 cm³/mol. The van der Waals surface area contributed by atoms with Gasteiger partial charge in [0.05, 0.1) is 17.1 Å². The predicted octanol–water partition coefficient (Wildman–Crippen LogP) is 14.8. The summed E-state index contributed by atoms with van der Waals surface area (Å²) < 4.78 is 0. The van der Waals surface area contributed by atoms with E-state index in [0.29, 0.717) is 0 Å². The fraction of sp³-hybridized carbons (Fsp3) is 0.0566. The first-order chi connectivity index (χ1) is 26.6. The summed E-state index contributed by atoms with van der Waals surface area (Å²) in [5.41, 5.74) is 15.9. The molecule has 1 aliphatic carbocycles. The van der Waals surface area contributed by atoms with Gasteiger partial charge >= 0.3 is 0 Å². The fourth-order valence-electron chi connectivity index (χ4n) is 8.87. The fourth-order valence-corrected chi connectivity index (χ4v) is 8.87. The number of para-hydroxylation sites is 1. The molecule has 0 aromatic heterocycles. The summed E-state index contributed by atoms with van der Waals surface area (Å²) in [5, 5.41) is 4.92. The van der Waals surface area contributed by atoms with E-state index in [4.69, 9.17) is 0 Å². The average molecular weight is 690 g/mol. The first kappa shape index (κ1) is 32.0. The van der Waals surface area contributed by atoms with Crippen molar-refractivity contribution >= 4 is 38.6 Å². The molecule has 1 aliphatic rings. The molecule has 0 saturated carbocycles. The van der Waals surface area contributed by atoms with E-state index in [1.807, 2.05) is 0 Å². The molecule has 9 aromatic rings. The molecule has 256 valence electrons. The molecule has 10 rings (SSSR count). The molecule has 0 aliphatic heterocycles. The van der Waals surface area contributed by atoms with Crippen molar-refractivity contribution < 1.29 is 0 Å². The third-order valence-electron chi connectivity index (χ3n) is 11.5. The Hall–Kier alpha value is -6.70. The van der Waals surface area contributed by atoms with Gasteiger partial charge < -0.3 is 4.90 Å². The van der Waals surface area contributed by atoms with Gasteiger partial charge in [0, 0.05) is 21.9 Å². The Kier molecular flexibility index (Phi) is 7.56. The number of hydrogen-bond donors (Lipinski definition) is 0. The van der Waals surface area contributed by atoms with Crippen LogP contribution in [0.1, 0.15) is 25.0 Å². The molecule has 9 aromatic carbocycles. The van der Waals surface area contributed by atoms with Gasteiger partial charge in [-0.1, -0.05) is 190 Å². The highest BCUT2D eigenvalue weighted by molar-refractivity contribution is 6.15. The number of hydrogen-bond acceptors (Lipinski definition) is 1. The van der Waals surface area contributed by atoms with Crippen LogP contribution < -0.4 is 4.90 Å². The van der Waals surface area contributed by atoms with Gasteiger partial charge in [0.25, 0.3) is 0 Å². The van der Waals surface area contributed by atoms with E-state index in [0.717, 1.165) is 17.1 Å². The zero-order valence-corrected chi connectivity index (χ0v) is 30.5. The molecule has 0 spiro atoms. The molecule has 0 radical (unpaired) electrons. The minimum atomic E-state index is -0.0983. The minimum absolute atomic E-state index is 0.0983. The summed E-state index contributed by atoms with van der Waals surface area (Å²) in [5.74, 6) is 0. The van der Waals surface area contributed by atoms with Crippen LogP contribution in [0.2, 0.25) is 0 Å². The summed E-state index contributed by atoms with van der Waals surface area (Å²) in [6.45, 7) is 4.72. The van der Waals surface area contributed by atoms with Crippen molar-refractivity contribution in [3.63, 3.8) is 0 Å². The van der Waals surface area contributed by atoms with Crippen LogP contribution in [0.25, 0.3) is 66.1 Å². The highest BCUT2D eigenvalue weighted by Crippen LogP contribution is 2.55. The van der Waals surface area contributed by atoms with E-state index in [1.165, 1.54) is 77.2 Å². The molecular formula is C53H39N. The third-order valence-corrected chi connectivity index (χ3v) is 11.5. The topological polar surface area (TPSA) is 3.24 Å². The van der Waals surface area contributed by atoms with Crippen molar-refractivity contribution in [2.75, 3.05) is 4.90 Å². The summed E-state index contributed by atoms with van der Waals surface area (Å²) in [6.07, 6.45) is 0. The van der Waals surface area contributed by atoms with Crippen molar-refractivity contribution in [2.24, 2.45) is 0 Å². The largest absolute Gasteiger partial charge is 0.309 e. The van der Waals surface area contributed by atoms with Gasteiger partial charge in [0.15, 0.2) is 0 Å². The molecule has 0 atom stereocenters. The van der Waals surface area contributed by atoms with Crippen LogP contribution in [0.15, 0.2) is 200 Å². The number of anilines is 3. The third kappa shape index (κ3) is 5.08. The van der Waals surface area contributed by atoms with E-state index in [9.17, 15) is 0 Å². The summed E-state index contributed by atoms with van der Waals surface area (Å²) in [4.78, 5) is 2.53. The first-order valence-corrected chi connectivity index (χ1v) is 18.9. The Bertz CT molecular complexity index is 2850. The van der Waals surface area contributed by atoms with Crippen LogP contribution in [0.5, 0.6) is 0 Å². The second-order valence-corrected chi connectivity index (χ2v) is 14.9. The van der Waals surface area contributed by atoms with Gasteiger partial charge in [0.2, 0.25) is 0 Å². The monoisotopic (exact) mass is 689 g/mol. The van der Waals surface area contributed by atoms with E-state index >= 15 is 0 Å². The van der Waals surface area contributed by atoms with Gasteiger partial charge in [-0.3, -0.25) is 0 Å². The highest BCUT2D eigenvalue weighted by Gasteiger charge is 2.37. The summed E-state index contributed by atoms with van der Waals surface area (Å²) in [7, 11) is 0. The van der Waals surface area contributed by atoms with Crippen LogP contribution in [-0.2, 0) is 5.41 Å². The van der Waals surface area contributed by atoms with E-state index in [2.05, 4.69) is 219 Å². The van der Waals surface area contributed by atoms with Crippen LogP contribution in [-0.4, -0.2) is 0 Å². The van der Waals surface area contributed by atoms with Crippen molar-refractivity contribution in [1.82, 2.24) is 0 Å². The van der Waals surface area contributed by atoms with E-state index < -0.39 is 0 Å². The zero-order chi connectivity index (χ0) is 36.2. The van der Waals surface area contributed by atoms with Crippen LogP contribution in [0, 0.1) is 0 Å². The molecular weight excluding hydrogens is 651 g/mol. The molecule has 0 amide bonds. The smallest absolute Gasteiger partial charge is 0.0546 e. The van der Waals surface area contributed by atoms with Crippen molar-refractivity contribution in [1.29, 1.82) is 0 Å². The molecule has 0 N–H and O–H groups in total. The van der Waals surface area contributed by atoms with E-state index in [1.54, 1.807) is 0 Å². The number of benzene rings is 9. The van der Waals surface area contributed by atoms with Crippen molar-refractivity contribution in [3.05, 3.63) is 211 Å². The lowest BCUT2D eigenvalue weighted by Crippen LogP contribution is -2.15. The lowest BCUT2D eigenvalue weighted by Gasteiger charge is -2.32. The maximum Gasteiger partial charge on any atom is 0.0546 e. The van der Waals surface area contributed by atoms with Crippen LogP contribution in [0.4, 0.5) is 17.1 Å². The summed E-state index contributed by atoms with van der Waals surface area (Å²) in [6, 6.07) is 73.5. The Balaban J connectivity index is 1.31. The highest BCUT2D eigenvalue weighted by atomic mass is 15.1. The molecule has 1 nitrogen and oxygen atoms in total. The molecule has 1 heteroatoms.